The summed E-state index contributed by atoms with van der Waals surface area (Å²) in [5, 5.41) is 13.6. The number of carboxylic acid groups (broad SMARTS) is 1. The van der Waals surface area contributed by atoms with Gasteiger partial charge < -0.3 is 26.2 Å². The fourth-order valence-electron chi connectivity index (χ4n) is 2.09. The molecule has 0 fully saturated rings. The van der Waals surface area contributed by atoms with Crippen molar-refractivity contribution < 1.29 is 29.0 Å². The molecule has 0 aliphatic carbocycles. The third-order valence-corrected chi connectivity index (χ3v) is 3.55. The Morgan fingerprint density at radius 1 is 1.19 bits per heavy atom. The van der Waals surface area contributed by atoms with Crippen molar-refractivity contribution in [1.29, 1.82) is 0 Å². The first kappa shape index (κ1) is 21.1. The summed E-state index contributed by atoms with van der Waals surface area (Å²) < 4.78 is 4.68. The van der Waals surface area contributed by atoms with Crippen molar-refractivity contribution >= 4 is 23.8 Å². The third-order valence-electron chi connectivity index (χ3n) is 3.55. The summed E-state index contributed by atoms with van der Waals surface area (Å²) in [4.78, 5) is 47.7. The number of methoxy groups -OCH3 is 1. The van der Waals surface area contributed by atoms with E-state index in [1.54, 1.807) is 44.2 Å². The lowest BCUT2D eigenvalue weighted by atomic mass is 10.0. The molecule has 0 saturated carbocycles. The van der Waals surface area contributed by atoms with Crippen LogP contribution in [-0.2, 0) is 23.9 Å². The van der Waals surface area contributed by atoms with Gasteiger partial charge in [0, 0.05) is 5.92 Å². The molecule has 1 rings (SSSR count). The molecule has 0 spiro atoms. The highest BCUT2D eigenvalue weighted by Gasteiger charge is 2.41. The summed E-state index contributed by atoms with van der Waals surface area (Å²) in [5.74, 6) is -4.30. The highest BCUT2D eigenvalue weighted by molar-refractivity contribution is 5.96. The van der Waals surface area contributed by atoms with Gasteiger partial charge in [0.05, 0.1) is 13.5 Å². The average molecular weight is 365 g/mol. The van der Waals surface area contributed by atoms with E-state index < -0.39 is 47.8 Å². The molecule has 0 bridgehead atoms. The van der Waals surface area contributed by atoms with Crippen molar-refractivity contribution in [3.05, 3.63) is 35.9 Å². The molecule has 2 atom stereocenters. The van der Waals surface area contributed by atoms with E-state index in [4.69, 9.17) is 10.8 Å². The van der Waals surface area contributed by atoms with E-state index >= 15 is 0 Å². The van der Waals surface area contributed by atoms with Crippen LogP contribution >= 0.6 is 0 Å². The maximum Gasteiger partial charge on any atom is 0.333 e. The molecule has 9 heteroatoms. The Hall–Kier alpha value is -2.94. The summed E-state index contributed by atoms with van der Waals surface area (Å²) in [5.41, 5.74) is 4.06. The van der Waals surface area contributed by atoms with Crippen LogP contribution in [0.2, 0.25) is 0 Å². The molecule has 0 aliphatic rings. The van der Waals surface area contributed by atoms with Gasteiger partial charge in [-0.1, -0.05) is 44.2 Å². The monoisotopic (exact) mass is 365 g/mol. The predicted octanol–water partition coefficient (Wildman–Crippen LogP) is -0.0812. The van der Waals surface area contributed by atoms with E-state index in [0.29, 0.717) is 5.56 Å². The predicted molar refractivity (Wildman–Crippen MR) is 91.5 cm³/mol. The van der Waals surface area contributed by atoms with Crippen LogP contribution in [0.25, 0.3) is 0 Å². The standard InChI is InChI=1S/C17H23N3O6/c1-10(2)14(23)20-17(18,9-12(21)22)16(25)19-13(15(24)26-3)11-7-5-4-6-8-11/h4-8,10,13H,9,18H2,1-3H3,(H,19,25)(H,20,23)(H,21,22)/t13-,17-/m0/s1. The van der Waals surface area contributed by atoms with Crippen LogP contribution in [0, 0.1) is 5.92 Å². The average Bonchev–Trinajstić information content (AvgIpc) is 2.58. The fraction of sp³-hybridized carbons (Fsp3) is 0.412. The Morgan fingerprint density at radius 3 is 2.23 bits per heavy atom. The Bertz CT molecular complexity index is 676. The molecule has 2 amide bonds. The number of ether oxygens (including phenoxy) is 1. The molecule has 0 saturated heterocycles. The second kappa shape index (κ2) is 8.95. The summed E-state index contributed by atoms with van der Waals surface area (Å²) in [6.45, 7) is 3.13. The van der Waals surface area contributed by atoms with E-state index in [0.717, 1.165) is 7.11 Å². The minimum Gasteiger partial charge on any atom is -0.481 e. The van der Waals surface area contributed by atoms with Gasteiger partial charge in [-0.05, 0) is 5.56 Å². The zero-order valence-corrected chi connectivity index (χ0v) is 14.8. The summed E-state index contributed by atoms with van der Waals surface area (Å²) in [6, 6.07) is 7.01. The summed E-state index contributed by atoms with van der Waals surface area (Å²) in [6.07, 6.45) is -0.861. The number of esters is 1. The van der Waals surface area contributed by atoms with Gasteiger partial charge in [-0.25, -0.2) is 4.79 Å². The van der Waals surface area contributed by atoms with Crippen molar-refractivity contribution in [2.24, 2.45) is 11.7 Å². The van der Waals surface area contributed by atoms with Gasteiger partial charge in [-0.15, -0.1) is 0 Å². The number of aliphatic carboxylic acids is 1. The Kier molecular flexibility index (Phi) is 7.27. The SMILES string of the molecule is COC(=O)[C@@H](NC(=O)[C@](N)(CC(=O)O)NC(=O)C(C)C)c1ccccc1. The summed E-state index contributed by atoms with van der Waals surface area (Å²) >= 11 is 0. The molecular weight excluding hydrogens is 342 g/mol. The van der Waals surface area contributed by atoms with Gasteiger partial charge in [0.1, 0.15) is 0 Å². The number of hydrogen-bond acceptors (Lipinski definition) is 6. The second-order valence-corrected chi connectivity index (χ2v) is 6.03. The number of rotatable bonds is 8. The first-order valence-electron chi connectivity index (χ1n) is 7.87. The molecule has 5 N–H and O–H groups in total. The number of carboxylic acids is 1. The van der Waals surface area contributed by atoms with Crippen molar-refractivity contribution in [3.8, 4) is 0 Å². The van der Waals surface area contributed by atoms with Gasteiger partial charge in [0.2, 0.25) is 5.91 Å². The number of carbonyl (C=O) groups is 4. The van der Waals surface area contributed by atoms with Crippen LogP contribution in [0.15, 0.2) is 30.3 Å². The first-order chi connectivity index (χ1) is 12.1. The van der Waals surface area contributed by atoms with Crippen LogP contribution in [0.1, 0.15) is 31.9 Å². The third kappa shape index (κ3) is 5.55. The van der Waals surface area contributed by atoms with E-state index in [1.165, 1.54) is 0 Å². The normalized spacial score (nSPS) is 14.0. The number of nitrogens with one attached hydrogen (secondary N) is 2. The number of hydrogen-bond donors (Lipinski definition) is 4. The Balaban J connectivity index is 3.13. The van der Waals surface area contributed by atoms with Crippen LogP contribution < -0.4 is 16.4 Å². The zero-order valence-electron chi connectivity index (χ0n) is 14.8. The highest BCUT2D eigenvalue weighted by Crippen LogP contribution is 2.16. The van der Waals surface area contributed by atoms with E-state index in [2.05, 4.69) is 15.4 Å². The zero-order chi connectivity index (χ0) is 19.9. The molecule has 0 unspecified atom stereocenters. The van der Waals surface area contributed by atoms with Crippen LogP contribution in [0.4, 0.5) is 0 Å². The summed E-state index contributed by atoms with van der Waals surface area (Å²) in [7, 11) is 1.15. The van der Waals surface area contributed by atoms with Crippen molar-refractivity contribution in [2.75, 3.05) is 7.11 Å². The number of carbonyl (C=O) groups excluding carboxylic acids is 3. The van der Waals surface area contributed by atoms with E-state index in [1.807, 2.05) is 0 Å². The molecule has 0 radical (unpaired) electrons. The largest absolute Gasteiger partial charge is 0.481 e. The van der Waals surface area contributed by atoms with Crippen molar-refractivity contribution in [1.82, 2.24) is 10.6 Å². The second-order valence-electron chi connectivity index (χ2n) is 6.03. The molecule has 0 aromatic heterocycles. The minimum absolute atomic E-state index is 0.417. The molecular formula is C17H23N3O6. The molecule has 26 heavy (non-hydrogen) atoms. The maximum absolute atomic E-state index is 12.6. The lowest BCUT2D eigenvalue weighted by Gasteiger charge is -2.30. The van der Waals surface area contributed by atoms with E-state index in [9.17, 15) is 19.2 Å². The molecule has 1 aromatic carbocycles. The molecule has 142 valence electrons. The van der Waals surface area contributed by atoms with E-state index in [-0.39, 0.29) is 0 Å². The Morgan fingerprint density at radius 2 is 1.77 bits per heavy atom. The lowest BCUT2D eigenvalue weighted by Crippen LogP contribution is -2.67. The highest BCUT2D eigenvalue weighted by atomic mass is 16.5. The number of benzene rings is 1. The van der Waals surface area contributed by atoms with Gasteiger partial charge >= 0.3 is 11.9 Å². The quantitative estimate of drug-likeness (QED) is 0.372. The fourth-order valence-corrected chi connectivity index (χ4v) is 2.09. The first-order valence-corrected chi connectivity index (χ1v) is 7.87. The minimum atomic E-state index is -2.23. The van der Waals surface area contributed by atoms with Gasteiger partial charge in [-0.3, -0.25) is 14.4 Å². The van der Waals surface area contributed by atoms with Gasteiger partial charge in [0.15, 0.2) is 11.7 Å². The van der Waals surface area contributed by atoms with Gasteiger partial charge in [-0.2, -0.15) is 0 Å². The van der Waals surface area contributed by atoms with Crippen molar-refractivity contribution in [3.63, 3.8) is 0 Å². The molecule has 9 nitrogen and oxygen atoms in total. The molecule has 1 aromatic rings. The molecule has 0 heterocycles. The maximum atomic E-state index is 12.6. The number of nitrogens with two attached hydrogens (primary N) is 1. The smallest absolute Gasteiger partial charge is 0.333 e. The van der Waals surface area contributed by atoms with Crippen LogP contribution in [0.5, 0.6) is 0 Å². The van der Waals surface area contributed by atoms with Crippen LogP contribution in [0.3, 0.4) is 0 Å². The van der Waals surface area contributed by atoms with Crippen molar-refractivity contribution in [2.45, 2.75) is 32.0 Å². The van der Waals surface area contributed by atoms with Gasteiger partial charge in [0.25, 0.3) is 5.91 Å². The number of amides is 2. The molecule has 0 aliphatic heterocycles. The Labute approximate surface area is 150 Å². The lowest BCUT2D eigenvalue weighted by molar-refractivity contribution is -0.148. The van der Waals surface area contributed by atoms with Crippen LogP contribution in [-0.4, -0.2) is 41.6 Å². The topological polar surface area (TPSA) is 148 Å².